The Morgan fingerprint density at radius 1 is 1.36 bits per heavy atom. The maximum absolute atomic E-state index is 12.8. The van der Waals surface area contributed by atoms with Gasteiger partial charge in [-0.05, 0) is 42.7 Å². The molecule has 0 spiro atoms. The number of oxazole rings is 1. The van der Waals surface area contributed by atoms with E-state index in [2.05, 4.69) is 15.3 Å². The third kappa shape index (κ3) is 3.34. The van der Waals surface area contributed by atoms with Crippen molar-refractivity contribution < 1.29 is 18.7 Å². The highest BCUT2D eigenvalue weighted by molar-refractivity contribution is 6.06. The largest absolute Gasteiger partial charge is 0.450 e. The molecule has 9 nitrogen and oxygen atoms in total. The van der Waals surface area contributed by atoms with Crippen LogP contribution in [0.2, 0.25) is 0 Å². The van der Waals surface area contributed by atoms with Crippen LogP contribution in [0.15, 0.2) is 39.8 Å². The van der Waals surface area contributed by atoms with Crippen LogP contribution in [0.1, 0.15) is 28.4 Å². The zero-order valence-electron chi connectivity index (χ0n) is 15.2. The van der Waals surface area contributed by atoms with Crippen LogP contribution < -0.4 is 11.1 Å². The molecule has 1 aliphatic heterocycles. The molecule has 0 aliphatic carbocycles. The van der Waals surface area contributed by atoms with E-state index in [-0.39, 0.29) is 12.0 Å². The number of rotatable bonds is 3. The summed E-state index contributed by atoms with van der Waals surface area (Å²) < 4.78 is 10.0. The summed E-state index contributed by atoms with van der Waals surface area (Å²) in [6, 6.07) is 4.89. The van der Waals surface area contributed by atoms with Crippen molar-refractivity contribution in [1.29, 1.82) is 0 Å². The summed E-state index contributed by atoms with van der Waals surface area (Å²) in [5.41, 5.74) is 3.59. The van der Waals surface area contributed by atoms with Gasteiger partial charge in [0.1, 0.15) is 0 Å². The quantitative estimate of drug-likeness (QED) is 0.718. The average Bonchev–Trinajstić information content (AvgIpc) is 3.06. The molecule has 3 aromatic rings. The minimum absolute atomic E-state index is 0.306. The van der Waals surface area contributed by atoms with Crippen molar-refractivity contribution in [2.75, 3.05) is 18.5 Å². The van der Waals surface area contributed by atoms with Crippen molar-refractivity contribution in [3.05, 3.63) is 57.8 Å². The molecule has 0 saturated heterocycles. The van der Waals surface area contributed by atoms with E-state index in [0.29, 0.717) is 48.5 Å². The Kier molecular flexibility index (Phi) is 4.56. The Morgan fingerprint density at radius 3 is 3.04 bits per heavy atom. The molecule has 144 valence electrons. The number of ether oxygens (including phenoxy) is 1. The average molecular weight is 382 g/mol. The fraction of sp³-hybridized carbons (Fsp3) is 0.263. The van der Waals surface area contributed by atoms with Gasteiger partial charge in [-0.25, -0.2) is 9.59 Å². The van der Waals surface area contributed by atoms with Crippen LogP contribution in [0.25, 0.3) is 11.1 Å². The molecule has 2 aromatic heterocycles. The van der Waals surface area contributed by atoms with Crippen LogP contribution >= 0.6 is 0 Å². The van der Waals surface area contributed by atoms with Crippen molar-refractivity contribution >= 4 is 28.8 Å². The highest BCUT2D eigenvalue weighted by Crippen LogP contribution is 2.24. The van der Waals surface area contributed by atoms with Crippen LogP contribution in [0.4, 0.5) is 10.5 Å². The van der Waals surface area contributed by atoms with Gasteiger partial charge in [-0.15, -0.1) is 0 Å². The second-order valence-electron chi connectivity index (χ2n) is 6.37. The topological polar surface area (TPSA) is 118 Å². The van der Waals surface area contributed by atoms with E-state index >= 15 is 0 Å². The van der Waals surface area contributed by atoms with Crippen molar-refractivity contribution in [3.63, 3.8) is 0 Å². The first-order chi connectivity index (χ1) is 13.5. The van der Waals surface area contributed by atoms with Gasteiger partial charge in [0.25, 0.3) is 5.91 Å². The molecular formula is C19H18N4O5. The van der Waals surface area contributed by atoms with Crippen LogP contribution in [0, 0.1) is 0 Å². The van der Waals surface area contributed by atoms with Gasteiger partial charge >= 0.3 is 11.8 Å². The van der Waals surface area contributed by atoms with Gasteiger partial charge in [-0.1, -0.05) is 0 Å². The number of hydrogen-bond acceptors (Lipinski definition) is 6. The van der Waals surface area contributed by atoms with Gasteiger partial charge in [-0.2, -0.15) is 0 Å². The van der Waals surface area contributed by atoms with E-state index in [1.807, 2.05) is 0 Å². The molecule has 0 unspecified atom stereocenters. The van der Waals surface area contributed by atoms with Crippen LogP contribution in [-0.2, 0) is 17.7 Å². The van der Waals surface area contributed by atoms with E-state index in [4.69, 9.17) is 9.15 Å². The smallest absolute Gasteiger partial charge is 0.417 e. The molecule has 4 rings (SSSR count). The monoisotopic (exact) mass is 382 g/mol. The second-order valence-corrected chi connectivity index (χ2v) is 6.37. The minimum atomic E-state index is -0.550. The number of anilines is 1. The number of amides is 2. The molecular weight excluding hydrogens is 364 g/mol. The number of pyridine rings is 1. The predicted molar refractivity (Wildman–Crippen MR) is 100 cm³/mol. The maximum atomic E-state index is 12.8. The Bertz CT molecular complexity index is 1120. The third-order valence-corrected chi connectivity index (χ3v) is 4.59. The molecule has 1 aliphatic rings. The normalized spacial score (nSPS) is 13.2. The lowest BCUT2D eigenvalue weighted by Gasteiger charge is -2.28. The number of carbonyl (C=O) groups is 2. The van der Waals surface area contributed by atoms with Gasteiger partial charge in [-0.3, -0.25) is 14.8 Å². The lowest BCUT2D eigenvalue weighted by Crippen LogP contribution is -2.37. The van der Waals surface area contributed by atoms with E-state index in [1.165, 1.54) is 6.20 Å². The first kappa shape index (κ1) is 17.8. The lowest BCUT2D eigenvalue weighted by atomic mass is 9.97. The van der Waals surface area contributed by atoms with E-state index in [1.54, 1.807) is 36.2 Å². The highest BCUT2D eigenvalue weighted by Gasteiger charge is 2.25. The first-order valence-electron chi connectivity index (χ1n) is 8.87. The molecule has 2 N–H and O–H groups in total. The summed E-state index contributed by atoms with van der Waals surface area (Å²) in [6.07, 6.45) is 3.35. The fourth-order valence-electron chi connectivity index (χ4n) is 3.29. The van der Waals surface area contributed by atoms with Crippen molar-refractivity contribution in [3.8, 4) is 0 Å². The number of nitrogens with zero attached hydrogens (tertiary/aromatic N) is 2. The zero-order chi connectivity index (χ0) is 19.7. The van der Waals surface area contributed by atoms with Crippen molar-refractivity contribution in [2.45, 2.75) is 19.9 Å². The standard InChI is InChI=1S/C19H18N4O5/c1-2-27-19(26)23-6-5-13-11(10-23)8-20-9-14(13)17(24)21-12-3-4-16-15(7-12)22-18(25)28-16/h3-4,7-9H,2,5-6,10H2,1H3,(H,21,24)(H,22,25). The van der Waals surface area contributed by atoms with E-state index in [9.17, 15) is 14.4 Å². The Balaban J connectivity index is 1.56. The van der Waals surface area contributed by atoms with Gasteiger partial charge in [0.2, 0.25) is 0 Å². The molecule has 0 saturated carbocycles. The molecule has 2 amide bonds. The highest BCUT2D eigenvalue weighted by atomic mass is 16.6. The predicted octanol–water partition coefficient (Wildman–Crippen LogP) is 2.28. The Hall–Kier alpha value is -3.62. The Morgan fingerprint density at radius 2 is 2.21 bits per heavy atom. The molecule has 0 radical (unpaired) electrons. The second kappa shape index (κ2) is 7.18. The van der Waals surface area contributed by atoms with Crippen LogP contribution in [0.5, 0.6) is 0 Å². The van der Waals surface area contributed by atoms with E-state index < -0.39 is 5.76 Å². The van der Waals surface area contributed by atoms with Crippen LogP contribution in [0.3, 0.4) is 0 Å². The molecule has 0 fully saturated rings. The molecule has 3 heterocycles. The van der Waals surface area contributed by atoms with Gasteiger partial charge in [0, 0.05) is 24.6 Å². The molecule has 1 aromatic carbocycles. The third-order valence-electron chi connectivity index (χ3n) is 4.59. The summed E-state index contributed by atoms with van der Waals surface area (Å²) in [6.45, 7) is 2.90. The summed E-state index contributed by atoms with van der Waals surface area (Å²) in [4.78, 5) is 44.3. The maximum Gasteiger partial charge on any atom is 0.417 e. The summed E-state index contributed by atoms with van der Waals surface area (Å²) in [7, 11) is 0. The number of H-pyrrole nitrogens is 1. The van der Waals surface area contributed by atoms with Gasteiger partial charge < -0.3 is 19.4 Å². The van der Waals surface area contributed by atoms with Crippen molar-refractivity contribution in [1.82, 2.24) is 14.9 Å². The van der Waals surface area contributed by atoms with Crippen molar-refractivity contribution in [2.24, 2.45) is 0 Å². The number of fused-ring (bicyclic) bond motifs is 2. The van der Waals surface area contributed by atoms with Gasteiger partial charge in [0.15, 0.2) is 5.58 Å². The number of aromatic nitrogens is 2. The molecule has 28 heavy (non-hydrogen) atoms. The lowest BCUT2D eigenvalue weighted by molar-refractivity contribution is 0.101. The summed E-state index contributed by atoms with van der Waals surface area (Å²) in [5, 5.41) is 2.82. The van der Waals surface area contributed by atoms with Gasteiger partial charge in [0.05, 0.1) is 24.2 Å². The van der Waals surface area contributed by atoms with E-state index in [0.717, 1.165) is 11.1 Å². The first-order valence-corrected chi connectivity index (χ1v) is 8.87. The number of hydrogen-bond donors (Lipinski definition) is 2. The molecule has 0 bridgehead atoms. The summed E-state index contributed by atoms with van der Waals surface area (Å²) in [5.74, 6) is -0.856. The Labute approximate surface area is 159 Å². The van der Waals surface area contributed by atoms with Crippen LogP contribution in [-0.4, -0.2) is 40.0 Å². The summed E-state index contributed by atoms with van der Waals surface area (Å²) >= 11 is 0. The minimum Gasteiger partial charge on any atom is -0.450 e. The molecule has 0 atom stereocenters. The number of benzene rings is 1. The zero-order valence-corrected chi connectivity index (χ0v) is 15.2. The fourth-order valence-corrected chi connectivity index (χ4v) is 3.29. The number of nitrogens with one attached hydrogen (secondary N) is 2. The molecule has 9 heteroatoms. The SMILES string of the molecule is CCOC(=O)N1CCc2c(cncc2C(=O)Nc2ccc3oc(=O)[nH]c3c2)C1. The number of carbonyl (C=O) groups excluding carboxylic acids is 2. The number of aromatic amines is 1.